The van der Waals surface area contributed by atoms with Crippen molar-refractivity contribution in [2.24, 2.45) is 0 Å². The van der Waals surface area contributed by atoms with Gasteiger partial charge in [0.05, 0.1) is 0 Å². The highest BCUT2D eigenvalue weighted by molar-refractivity contribution is 7.89. The molecular formula is C14H22N2O2S2. The Kier molecular flexibility index (Phi) is 5.01. The third-order valence-electron chi connectivity index (χ3n) is 3.35. The van der Waals surface area contributed by atoms with Crippen LogP contribution in [0.3, 0.4) is 0 Å². The van der Waals surface area contributed by atoms with Crippen LogP contribution in [0.15, 0.2) is 22.9 Å². The summed E-state index contributed by atoms with van der Waals surface area (Å²) in [5.74, 6) is 0. The van der Waals surface area contributed by atoms with Gasteiger partial charge >= 0.3 is 0 Å². The van der Waals surface area contributed by atoms with Crippen LogP contribution in [-0.4, -0.2) is 31.9 Å². The van der Waals surface area contributed by atoms with Crippen LogP contribution in [0, 0.1) is 6.92 Å². The molecule has 1 aliphatic carbocycles. The van der Waals surface area contributed by atoms with Gasteiger partial charge in [0.2, 0.25) is 10.0 Å². The first-order valence-electron chi connectivity index (χ1n) is 6.92. The van der Waals surface area contributed by atoms with Crippen LogP contribution >= 0.6 is 11.3 Å². The molecule has 1 aliphatic rings. The summed E-state index contributed by atoms with van der Waals surface area (Å²) in [5.41, 5.74) is 0.845. The summed E-state index contributed by atoms with van der Waals surface area (Å²) in [5, 5.41) is 5.14. The maximum absolute atomic E-state index is 12.9. The molecule has 0 aliphatic heterocycles. The van der Waals surface area contributed by atoms with Gasteiger partial charge in [-0.15, -0.1) is 17.9 Å². The van der Waals surface area contributed by atoms with Gasteiger partial charge in [0.15, 0.2) is 0 Å². The molecule has 0 bridgehead atoms. The Hall–Kier alpha value is -0.690. The zero-order valence-electron chi connectivity index (χ0n) is 12.1. The largest absolute Gasteiger partial charge is 0.312 e. The highest BCUT2D eigenvalue weighted by atomic mass is 32.2. The predicted octanol–water partition coefficient (Wildman–Crippen LogP) is 2.51. The topological polar surface area (TPSA) is 49.4 Å². The van der Waals surface area contributed by atoms with E-state index >= 15 is 0 Å². The van der Waals surface area contributed by atoms with E-state index in [2.05, 4.69) is 11.9 Å². The van der Waals surface area contributed by atoms with Gasteiger partial charge in [-0.05, 0) is 37.3 Å². The van der Waals surface area contributed by atoms with Crippen LogP contribution in [-0.2, 0) is 16.6 Å². The molecule has 6 heteroatoms. The van der Waals surface area contributed by atoms with E-state index in [1.165, 1.54) is 11.3 Å². The van der Waals surface area contributed by atoms with Crippen LogP contribution in [0.4, 0.5) is 0 Å². The molecular weight excluding hydrogens is 292 g/mol. The lowest BCUT2D eigenvalue weighted by Crippen LogP contribution is -2.34. The molecule has 1 heterocycles. The van der Waals surface area contributed by atoms with E-state index in [9.17, 15) is 8.42 Å². The normalized spacial score (nSPS) is 15.8. The van der Waals surface area contributed by atoms with Crippen molar-refractivity contribution in [3.05, 3.63) is 28.5 Å². The van der Waals surface area contributed by atoms with Gasteiger partial charge in [-0.2, -0.15) is 4.31 Å². The Morgan fingerprint density at radius 2 is 2.25 bits per heavy atom. The van der Waals surface area contributed by atoms with Crippen molar-refractivity contribution >= 4 is 21.4 Å². The molecule has 0 unspecified atom stereocenters. The molecule has 1 fully saturated rings. The van der Waals surface area contributed by atoms with E-state index in [0.29, 0.717) is 18.0 Å². The summed E-state index contributed by atoms with van der Waals surface area (Å²) in [6.07, 6.45) is 3.58. The van der Waals surface area contributed by atoms with Crippen LogP contribution in [0.2, 0.25) is 0 Å². The third-order valence-corrected chi connectivity index (χ3v) is 6.74. The lowest BCUT2D eigenvalue weighted by atomic mass is 10.3. The standard InChI is InChI=1S/C14H22N2O2S2/c1-4-8-16(12-6-7-12)20(17,18)14-11(3)10-19-13(14)9-15-5-2/h4,10,12,15H,1,5-9H2,2-3H3. The van der Waals surface area contributed by atoms with E-state index < -0.39 is 10.0 Å². The lowest BCUT2D eigenvalue weighted by Gasteiger charge is -2.21. The van der Waals surface area contributed by atoms with Gasteiger partial charge in [0.1, 0.15) is 4.90 Å². The number of rotatable bonds is 8. The maximum atomic E-state index is 12.9. The van der Waals surface area contributed by atoms with Gasteiger partial charge in [-0.3, -0.25) is 0 Å². The van der Waals surface area contributed by atoms with Crippen molar-refractivity contribution in [2.45, 2.75) is 44.2 Å². The molecule has 2 rings (SSSR count). The SMILES string of the molecule is C=CCN(C1CC1)S(=O)(=O)c1c(C)csc1CNCC. The first kappa shape index (κ1) is 15.7. The van der Waals surface area contributed by atoms with Crippen molar-refractivity contribution in [1.29, 1.82) is 0 Å². The van der Waals surface area contributed by atoms with Gasteiger partial charge < -0.3 is 5.32 Å². The molecule has 20 heavy (non-hydrogen) atoms. The first-order valence-corrected chi connectivity index (χ1v) is 9.24. The molecule has 0 amide bonds. The number of sulfonamides is 1. The average molecular weight is 314 g/mol. The van der Waals surface area contributed by atoms with Crippen LogP contribution in [0.25, 0.3) is 0 Å². The molecule has 0 spiro atoms. The smallest absolute Gasteiger partial charge is 0.245 e. The minimum Gasteiger partial charge on any atom is -0.312 e. The molecule has 0 radical (unpaired) electrons. The number of nitrogens with zero attached hydrogens (tertiary/aromatic N) is 1. The zero-order valence-corrected chi connectivity index (χ0v) is 13.7. The fourth-order valence-electron chi connectivity index (χ4n) is 2.24. The van der Waals surface area contributed by atoms with Gasteiger partial charge in [0.25, 0.3) is 0 Å². The van der Waals surface area contributed by atoms with Crippen molar-refractivity contribution in [2.75, 3.05) is 13.1 Å². The van der Waals surface area contributed by atoms with Crippen LogP contribution in [0.1, 0.15) is 30.2 Å². The van der Waals surface area contributed by atoms with E-state index in [1.807, 2.05) is 19.2 Å². The van der Waals surface area contributed by atoms with Crippen LogP contribution in [0.5, 0.6) is 0 Å². The van der Waals surface area contributed by atoms with Crippen molar-refractivity contribution in [3.8, 4) is 0 Å². The zero-order chi connectivity index (χ0) is 14.8. The monoisotopic (exact) mass is 314 g/mol. The summed E-state index contributed by atoms with van der Waals surface area (Å²) in [6, 6.07) is 0.157. The molecule has 0 atom stereocenters. The second-order valence-corrected chi connectivity index (χ2v) is 7.84. The van der Waals surface area contributed by atoms with E-state index in [1.54, 1.807) is 10.4 Å². The Bertz CT molecular complexity index is 574. The molecule has 1 aromatic heterocycles. The Morgan fingerprint density at radius 3 is 2.80 bits per heavy atom. The summed E-state index contributed by atoms with van der Waals surface area (Å²) in [6.45, 7) is 9.40. The van der Waals surface area contributed by atoms with Crippen molar-refractivity contribution < 1.29 is 8.42 Å². The minimum absolute atomic E-state index is 0.157. The number of hydrogen-bond donors (Lipinski definition) is 1. The third kappa shape index (κ3) is 3.14. The summed E-state index contributed by atoms with van der Waals surface area (Å²) in [4.78, 5) is 1.40. The highest BCUT2D eigenvalue weighted by Gasteiger charge is 2.39. The maximum Gasteiger partial charge on any atom is 0.245 e. The first-order chi connectivity index (χ1) is 9.52. The molecule has 0 aromatic carbocycles. The summed E-state index contributed by atoms with van der Waals surface area (Å²) < 4.78 is 27.5. The lowest BCUT2D eigenvalue weighted by molar-refractivity contribution is 0.435. The molecule has 4 nitrogen and oxygen atoms in total. The minimum atomic E-state index is -3.42. The predicted molar refractivity (Wildman–Crippen MR) is 83.5 cm³/mol. The second kappa shape index (κ2) is 6.39. The molecule has 1 aromatic rings. The molecule has 0 saturated heterocycles. The Balaban J connectivity index is 2.36. The highest BCUT2D eigenvalue weighted by Crippen LogP contribution is 2.36. The number of nitrogens with one attached hydrogen (secondary N) is 1. The number of aryl methyl sites for hydroxylation is 1. The van der Waals surface area contributed by atoms with Gasteiger partial charge in [-0.1, -0.05) is 13.0 Å². The second-order valence-electron chi connectivity index (χ2n) is 5.05. The fourth-order valence-corrected chi connectivity index (χ4v) is 5.64. The molecule has 112 valence electrons. The Labute approximate surface area is 125 Å². The number of thiophene rings is 1. The van der Waals surface area contributed by atoms with Crippen molar-refractivity contribution in [3.63, 3.8) is 0 Å². The van der Waals surface area contributed by atoms with E-state index in [0.717, 1.165) is 29.8 Å². The van der Waals surface area contributed by atoms with Crippen LogP contribution < -0.4 is 5.32 Å². The summed E-state index contributed by atoms with van der Waals surface area (Å²) >= 11 is 1.52. The molecule has 1 N–H and O–H groups in total. The van der Waals surface area contributed by atoms with E-state index in [4.69, 9.17) is 0 Å². The van der Waals surface area contributed by atoms with Gasteiger partial charge in [0, 0.05) is 24.0 Å². The summed E-state index contributed by atoms with van der Waals surface area (Å²) in [7, 11) is -3.42. The molecule has 1 saturated carbocycles. The van der Waals surface area contributed by atoms with Gasteiger partial charge in [-0.25, -0.2) is 8.42 Å². The average Bonchev–Trinajstić information content (AvgIpc) is 3.16. The number of hydrogen-bond acceptors (Lipinski definition) is 4. The Morgan fingerprint density at radius 1 is 1.55 bits per heavy atom. The quantitative estimate of drug-likeness (QED) is 0.750. The van der Waals surface area contributed by atoms with Crippen molar-refractivity contribution in [1.82, 2.24) is 9.62 Å². The van der Waals surface area contributed by atoms with E-state index in [-0.39, 0.29) is 6.04 Å². The fraction of sp³-hybridized carbons (Fsp3) is 0.571.